The van der Waals surface area contributed by atoms with Gasteiger partial charge in [0, 0.05) is 6.04 Å². The van der Waals surface area contributed by atoms with E-state index in [0.717, 1.165) is 11.3 Å². The maximum Gasteiger partial charge on any atom is 0.266 e. The fraction of sp³-hybridized carbons (Fsp3) is 0.200. The van der Waals surface area contributed by atoms with E-state index in [-0.39, 0.29) is 17.7 Å². The SMILES string of the molecule is COc1cc(/C=C2/SC(=Nc3ccccc3)N(C(C)C)C2=O)ccc1O. The standard InChI is InChI=1S/C20H20N2O3S/c1-13(2)22-19(24)18(12-14-9-10-16(23)17(11-14)25-3)26-20(22)21-15-7-5-4-6-8-15/h4-13,23H,1-3H3/b18-12+,21-20?. The minimum atomic E-state index is -0.0771. The van der Waals surface area contributed by atoms with Crippen LogP contribution in [0.3, 0.4) is 0 Å². The molecule has 1 aliphatic rings. The number of rotatable bonds is 4. The van der Waals surface area contributed by atoms with Gasteiger partial charge in [-0.05, 0) is 61.5 Å². The van der Waals surface area contributed by atoms with E-state index in [2.05, 4.69) is 4.99 Å². The van der Waals surface area contributed by atoms with E-state index in [1.165, 1.54) is 18.9 Å². The Morgan fingerprint density at radius 3 is 2.58 bits per heavy atom. The maximum atomic E-state index is 12.8. The largest absolute Gasteiger partial charge is 0.504 e. The Hall–Kier alpha value is -2.73. The van der Waals surface area contributed by atoms with Crippen molar-refractivity contribution in [3.05, 3.63) is 59.0 Å². The Morgan fingerprint density at radius 2 is 1.92 bits per heavy atom. The molecule has 0 atom stereocenters. The number of methoxy groups -OCH3 is 1. The summed E-state index contributed by atoms with van der Waals surface area (Å²) in [6, 6.07) is 14.6. The molecule has 0 radical (unpaired) electrons. The summed E-state index contributed by atoms with van der Waals surface area (Å²) in [5.41, 5.74) is 1.58. The average Bonchev–Trinajstić information content (AvgIpc) is 2.92. The lowest BCUT2D eigenvalue weighted by Gasteiger charge is -2.19. The summed E-state index contributed by atoms with van der Waals surface area (Å²) in [7, 11) is 1.49. The predicted octanol–water partition coefficient (Wildman–Crippen LogP) is 4.41. The van der Waals surface area contributed by atoms with Crippen molar-refractivity contribution in [1.29, 1.82) is 0 Å². The first-order chi connectivity index (χ1) is 12.5. The fourth-order valence-electron chi connectivity index (χ4n) is 2.57. The number of nitrogens with zero attached hydrogens (tertiary/aromatic N) is 2. The third kappa shape index (κ3) is 3.75. The first-order valence-electron chi connectivity index (χ1n) is 8.23. The Labute approximate surface area is 157 Å². The van der Waals surface area contributed by atoms with Crippen LogP contribution >= 0.6 is 11.8 Å². The van der Waals surface area contributed by atoms with Gasteiger partial charge in [-0.1, -0.05) is 24.3 Å². The van der Waals surface area contributed by atoms with E-state index in [9.17, 15) is 9.90 Å². The summed E-state index contributed by atoms with van der Waals surface area (Å²) in [6.45, 7) is 3.93. The lowest BCUT2D eigenvalue weighted by atomic mass is 10.2. The molecular formula is C20H20N2O3S. The highest BCUT2D eigenvalue weighted by Gasteiger charge is 2.35. The van der Waals surface area contributed by atoms with Crippen LogP contribution in [0.25, 0.3) is 6.08 Å². The molecule has 6 heteroatoms. The van der Waals surface area contributed by atoms with Crippen LogP contribution in [0.4, 0.5) is 5.69 Å². The zero-order valence-electron chi connectivity index (χ0n) is 14.8. The van der Waals surface area contributed by atoms with E-state index in [1.54, 1.807) is 29.2 Å². The van der Waals surface area contributed by atoms with Gasteiger partial charge in [0.05, 0.1) is 17.7 Å². The summed E-state index contributed by atoms with van der Waals surface area (Å²) in [4.78, 5) is 19.8. The van der Waals surface area contributed by atoms with E-state index in [4.69, 9.17) is 4.74 Å². The number of para-hydroxylation sites is 1. The van der Waals surface area contributed by atoms with Crippen LogP contribution in [-0.2, 0) is 4.79 Å². The summed E-state index contributed by atoms with van der Waals surface area (Å²) >= 11 is 1.35. The number of hydrogen-bond acceptors (Lipinski definition) is 5. The normalized spacial score (nSPS) is 17.5. The minimum Gasteiger partial charge on any atom is -0.504 e. The molecule has 2 aromatic rings. The van der Waals surface area contributed by atoms with Gasteiger partial charge in [0.25, 0.3) is 5.91 Å². The molecule has 1 heterocycles. The molecule has 0 unspecified atom stereocenters. The number of carbonyl (C=O) groups excluding carboxylic acids is 1. The highest BCUT2D eigenvalue weighted by molar-refractivity contribution is 8.18. The number of aromatic hydroxyl groups is 1. The van der Waals surface area contributed by atoms with Crippen molar-refractivity contribution in [3.63, 3.8) is 0 Å². The Balaban J connectivity index is 1.97. The molecule has 1 amide bonds. The van der Waals surface area contributed by atoms with Gasteiger partial charge in [-0.3, -0.25) is 9.69 Å². The van der Waals surface area contributed by atoms with Crippen molar-refractivity contribution in [2.75, 3.05) is 7.11 Å². The van der Waals surface area contributed by atoms with Crippen LogP contribution in [-0.4, -0.2) is 34.2 Å². The summed E-state index contributed by atoms with van der Waals surface area (Å²) in [5.74, 6) is 0.357. The molecule has 0 bridgehead atoms. The molecule has 0 aliphatic carbocycles. The Morgan fingerprint density at radius 1 is 1.19 bits per heavy atom. The monoisotopic (exact) mass is 368 g/mol. The molecule has 5 nitrogen and oxygen atoms in total. The number of hydrogen-bond donors (Lipinski definition) is 1. The zero-order chi connectivity index (χ0) is 18.7. The molecule has 1 aliphatic heterocycles. The van der Waals surface area contributed by atoms with Gasteiger partial charge < -0.3 is 9.84 Å². The number of amidine groups is 1. The summed E-state index contributed by atoms with van der Waals surface area (Å²) in [5, 5.41) is 10.4. The lowest BCUT2D eigenvalue weighted by molar-refractivity contribution is -0.123. The summed E-state index contributed by atoms with van der Waals surface area (Å²) < 4.78 is 5.13. The smallest absolute Gasteiger partial charge is 0.266 e. The topological polar surface area (TPSA) is 62.1 Å². The number of carbonyl (C=O) groups is 1. The Kier molecular flexibility index (Phi) is 5.32. The second-order valence-corrected chi connectivity index (χ2v) is 7.05. The first-order valence-corrected chi connectivity index (χ1v) is 9.05. The van der Waals surface area contributed by atoms with Gasteiger partial charge in [-0.25, -0.2) is 4.99 Å². The van der Waals surface area contributed by atoms with Gasteiger partial charge in [0.15, 0.2) is 16.7 Å². The van der Waals surface area contributed by atoms with Crippen molar-refractivity contribution in [2.24, 2.45) is 4.99 Å². The van der Waals surface area contributed by atoms with Crippen LogP contribution in [0, 0.1) is 0 Å². The van der Waals surface area contributed by atoms with Crippen molar-refractivity contribution in [2.45, 2.75) is 19.9 Å². The maximum absolute atomic E-state index is 12.8. The van der Waals surface area contributed by atoms with E-state index >= 15 is 0 Å². The van der Waals surface area contributed by atoms with Crippen LogP contribution in [0.2, 0.25) is 0 Å². The van der Waals surface area contributed by atoms with E-state index < -0.39 is 0 Å². The predicted molar refractivity (Wildman–Crippen MR) is 106 cm³/mol. The van der Waals surface area contributed by atoms with Crippen molar-refractivity contribution < 1.29 is 14.6 Å². The molecule has 1 fully saturated rings. The molecule has 134 valence electrons. The van der Waals surface area contributed by atoms with Gasteiger partial charge in [-0.2, -0.15) is 0 Å². The minimum absolute atomic E-state index is 0.00211. The van der Waals surface area contributed by atoms with Crippen molar-refractivity contribution >= 4 is 34.6 Å². The van der Waals surface area contributed by atoms with Crippen LogP contribution in [0.15, 0.2) is 58.4 Å². The molecular weight excluding hydrogens is 348 g/mol. The Bertz CT molecular complexity index is 876. The second kappa shape index (κ2) is 7.66. The van der Waals surface area contributed by atoms with Gasteiger partial charge in [0.2, 0.25) is 0 Å². The number of ether oxygens (including phenoxy) is 1. The van der Waals surface area contributed by atoms with Crippen molar-refractivity contribution in [3.8, 4) is 11.5 Å². The van der Waals surface area contributed by atoms with E-state index in [1.807, 2.05) is 44.2 Å². The third-order valence-corrected chi connectivity index (χ3v) is 4.82. The third-order valence-electron chi connectivity index (χ3n) is 3.84. The molecule has 0 saturated carbocycles. The van der Waals surface area contributed by atoms with Crippen LogP contribution in [0.5, 0.6) is 11.5 Å². The highest BCUT2D eigenvalue weighted by atomic mass is 32.2. The van der Waals surface area contributed by atoms with Gasteiger partial charge in [0.1, 0.15) is 0 Å². The second-order valence-electron chi connectivity index (χ2n) is 6.04. The number of aliphatic imine (C=N–C) groups is 1. The fourth-order valence-corrected chi connectivity index (χ4v) is 3.69. The molecule has 0 spiro atoms. The zero-order valence-corrected chi connectivity index (χ0v) is 15.7. The molecule has 2 aromatic carbocycles. The molecule has 0 aromatic heterocycles. The molecule has 26 heavy (non-hydrogen) atoms. The molecule has 3 rings (SSSR count). The van der Waals surface area contributed by atoms with Gasteiger partial charge >= 0.3 is 0 Å². The van der Waals surface area contributed by atoms with Crippen LogP contribution in [0.1, 0.15) is 19.4 Å². The van der Waals surface area contributed by atoms with Crippen LogP contribution < -0.4 is 4.74 Å². The molecule has 1 N–H and O–H groups in total. The highest BCUT2D eigenvalue weighted by Crippen LogP contribution is 2.36. The number of benzene rings is 2. The lowest BCUT2D eigenvalue weighted by Crippen LogP contribution is -2.35. The number of amides is 1. The van der Waals surface area contributed by atoms with E-state index in [0.29, 0.717) is 15.8 Å². The average molecular weight is 368 g/mol. The number of phenolic OH excluding ortho intramolecular Hbond substituents is 1. The number of thioether (sulfide) groups is 1. The van der Waals surface area contributed by atoms with Crippen molar-refractivity contribution in [1.82, 2.24) is 4.90 Å². The summed E-state index contributed by atoms with van der Waals surface area (Å²) in [6.07, 6.45) is 1.79. The number of phenols is 1. The molecule has 1 saturated heterocycles. The first kappa shape index (κ1) is 18.1. The van der Waals surface area contributed by atoms with Gasteiger partial charge in [-0.15, -0.1) is 0 Å². The quantitative estimate of drug-likeness (QED) is 0.812.